The summed E-state index contributed by atoms with van der Waals surface area (Å²) in [6.45, 7) is 1.53. The van der Waals surface area contributed by atoms with Gasteiger partial charge in [-0.25, -0.2) is 0 Å². The van der Waals surface area contributed by atoms with E-state index in [0.717, 1.165) is 10.6 Å². The first-order chi connectivity index (χ1) is 11.6. The third-order valence-corrected chi connectivity index (χ3v) is 3.89. The predicted octanol–water partition coefficient (Wildman–Crippen LogP) is 3.44. The summed E-state index contributed by atoms with van der Waals surface area (Å²) in [5, 5.41) is 4.51. The number of fused-ring (bicyclic) bond motifs is 1. The van der Waals surface area contributed by atoms with Gasteiger partial charge in [-0.05, 0) is 30.2 Å². The van der Waals surface area contributed by atoms with Gasteiger partial charge < -0.3 is 0 Å². The highest BCUT2D eigenvalue weighted by Gasteiger charge is 2.38. The zero-order valence-electron chi connectivity index (χ0n) is 12.9. The molecule has 0 fully saturated rings. The SMILES string of the molecule is CC(CON1C(=O)c2ccccc2C1=O)(N=[N+]=[N-])c1ccccc1. The largest absolute Gasteiger partial charge is 0.285 e. The summed E-state index contributed by atoms with van der Waals surface area (Å²) in [7, 11) is 0. The molecule has 0 spiro atoms. The number of azide groups is 1. The van der Waals surface area contributed by atoms with E-state index in [1.54, 1.807) is 43.3 Å². The maximum Gasteiger partial charge on any atom is 0.285 e. The van der Waals surface area contributed by atoms with Crippen LogP contribution in [0.5, 0.6) is 0 Å². The Hall–Kier alpha value is -3.15. The van der Waals surface area contributed by atoms with Gasteiger partial charge in [-0.2, -0.15) is 0 Å². The van der Waals surface area contributed by atoms with E-state index in [-0.39, 0.29) is 6.61 Å². The van der Waals surface area contributed by atoms with E-state index in [4.69, 9.17) is 10.4 Å². The van der Waals surface area contributed by atoms with Gasteiger partial charge in [-0.1, -0.05) is 47.6 Å². The Morgan fingerprint density at radius 3 is 2.12 bits per heavy atom. The molecule has 0 aliphatic carbocycles. The second-order valence-electron chi connectivity index (χ2n) is 5.55. The summed E-state index contributed by atoms with van der Waals surface area (Å²) in [6, 6.07) is 15.5. The number of hydroxylamine groups is 2. The van der Waals surface area contributed by atoms with Crippen LogP contribution in [0.1, 0.15) is 33.2 Å². The zero-order chi connectivity index (χ0) is 17.2. The van der Waals surface area contributed by atoms with Crippen molar-refractivity contribution in [3.8, 4) is 0 Å². The molecule has 0 radical (unpaired) electrons. The molecule has 7 heteroatoms. The Labute approximate surface area is 138 Å². The zero-order valence-corrected chi connectivity index (χ0v) is 12.9. The second-order valence-corrected chi connectivity index (χ2v) is 5.55. The maximum absolute atomic E-state index is 12.3. The minimum Gasteiger partial charge on any atom is -0.266 e. The molecule has 7 nitrogen and oxygen atoms in total. The average Bonchev–Trinajstić information content (AvgIpc) is 2.86. The molecule has 3 rings (SSSR count). The van der Waals surface area contributed by atoms with Crippen molar-refractivity contribution < 1.29 is 14.4 Å². The summed E-state index contributed by atoms with van der Waals surface area (Å²) < 4.78 is 0. The van der Waals surface area contributed by atoms with Crippen LogP contribution in [0.25, 0.3) is 10.4 Å². The van der Waals surface area contributed by atoms with Crippen LogP contribution >= 0.6 is 0 Å². The topological polar surface area (TPSA) is 95.4 Å². The van der Waals surface area contributed by atoms with Crippen molar-refractivity contribution in [2.75, 3.05) is 6.61 Å². The molecular formula is C17H14N4O3. The van der Waals surface area contributed by atoms with Gasteiger partial charge >= 0.3 is 0 Å². The number of rotatable bonds is 5. The van der Waals surface area contributed by atoms with Crippen LogP contribution in [0.2, 0.25) is 0 Å². The van der Waals surface area contributed by atoms with Gasteiger partial charge in [0.2, 0.25) is 0 Å². The van der Waals surface area contributed by atoms with Crippen molar-refractivity contribution in [2.24, 2.45) is 5.11 Å². The molecule has 0 saturated carbocycles. The summed E-state index contributed by atoms with van der Waals surface area (Å²) in [5.41, 5.74) is 9.13. The molecule has 2 amide bonds. The Morgan fingerprint density at radius 2 is 1.58 bits per heavy atom. The van der Waals surface area contributed by atoms with Crippen molar-refractivity contribution in [1.29, 1.82) is 0 Å². The van der Waals surface area contributed by atoms with E-state index in [2.05, 4.69) is 10.0 Å². The van der Waals surface area contributed by atoms with Gasteiger partial charge in [-0.15, -0.1) is 5.06 Å². The highest BCUT2D eigenvalue weighted by Crippen LogP contribution is 2.29. The molecule has 0 aromatic heterocycles. The number of benzene rings is 2. The minimum atomic E-state index is -1.05. The molecule has 0 bridgehead atoms. The molecule has 1 aliphatic heterocycles. The maximum atomic E-state index is 12.3. The van der Waals surface area contributed by atoms with Crippen molar-refractivity contribution in [2.45, 2.75) is 12.5 Å². The predicted molar refractivity (Wildman–Crippen MR) is 85.8 cm³/mol. The quantitative estimate of drug-likeness (QED) is 0.365. The first-order valence-corrected chi connectivity index (χ1v) is 7.29. The van der Waals surface area contributed by atoms with Gasteiger partial charge in [0, 0.05) is 4.91 Å². The third kappa shape index (κ3) is 2.62. The van der Waals surface area contributed by atoms with E-state index in [1.807, 2.05) is 18.2 Å². The average molecular weight is 322 g/mol. The highest BCUT2D eigenvalue weighted by molar-refractivity contribution is 6.20. The smallest absolute Gasteiger partial charge is 0.266 e. The summed E-state index contributed by atoms with van der Waals surface area (Å²) in [6.07, 6.45) is 0. The highest BCUT2D eigenvalue weighted by atomic mass is 16.7. The van der Waals surface area contributed by atoms with Crippen LogP contribution in [0.3, 0.4) is 0 Å². The Morgan fingerprint density at radius 1 is 1.04 bits per heavy atom. The fourth-order valence-corrected chi connectivity index (χ4v) is 2.54. The molecule has 0 saturated heterocycles. The first kappa shape index (κ1) is 15.7. The Bertz CT molecular complexity index is 811. The van der Waals surface area contributed by atoms with Crippen molar-refractivity contribution in [3.63, 3.8) is 0 Å². The number of carbonyl (C=O) groups is 2. The van der Waals surface area contributed by atoms with E-state index < -0.39 is 17.4 Å². The van der Waals surface area contributed by atoms with Gasteiger partial charge in [0.1, 0.15) is 0 Å². The summed E-state index contributed by atoms with van der Waals surface area (Å²) >= 11 is 0. The van der Waals surface area contributed by atoms with Crippen molar-refractivity contribution in [1.82, 2.24) is 5.06 Å². The minimum absolute atomic E-state index is 0.146. The summed E-state index contributed by atoms with van der Waals surface area (Å²) in [5.74, 6) is -1.04. The number of hydrogen-bond acceptors (Lipinski definition) is 4. The van der Waals surface area contributed by atoms with E-state index in [1.165, 1.54) is 0 Å². The lowest BCUT2D eigenvalue weighted by Gasteiger charge is -2.26. The number of hydrogen-bond donors (Lipinski definition) is 0. The van der Waals surface area contributed by atoms with Crippen LogP contribution in [0.4, 0.5) is 0 Å². The van der Waals surface area contributed by atoms with Gasteiger partial charge in [0.05, 0.1) is 23.3 Å². The lowest BCUT2D eigenvalue weighted by atomic mass is 9.94. The first-order valence-electron chi connectivity index (χ1n) is 7.29. The molecular weight excluding hydrogens is 308 g/mol. The van der Waals surface area contributed by atoms with Crippen LogP contribution < -0.4 is 0 Å². The molecule has 1 atom stereocenters. The van der Waals surface area contributed by atoms with Crippen molar-refractivity contribution in [3.05, 3.63) is 81.7 Å². The normalized spacial score (nSPS) is 15.6. The van der Waals surface area contributed by atoms with E-state index in [9.17, 15) is 9.59 Å². The van der Waals surface area contributed by atoms with Crippen LogP contribution in [-0.2, 0) is 10.4 Å². The standard InChI is InChI=1S/C17H14N4O3/c1-17(19-20-18,12-7-3-2-4-8-12)11-24-21-15(22)13-9-5-6-10-14(13)16(21)23/h2-10H,11H2,1H3. The number of carbonyl (C=O) groups excluding carboxylic acids is 2. The second kappa shape index (κ2) is 6.16. The third-order valence-electron chi connectivity index (χ3n) is 3.89. The molecule has 1 aliphatic rings. The van der Waals surface area contributed by atoms with Crippen molar-refractivity contribution >= 4 is 11.8 Å². The molecule has 1 unspecified atom stereocenters. The molecule has 2 aromatic rings. The number of imide groups is 1. The number of amides is 2. The van der Waals surface area contributed by atoms with Gasteiger partial charge in [0.15, 0.2) is 0 Å². The van der Waals surface area contributed by atoms with E-state index >= 15 is 0 Å². The Kier molecular flexibility index (Phi) is 4.04. The molecule has 0 N–H and O–H groups in total. The molecule has 2 aromatic carbocycles. The summed E-state index contributed by atoms with van der Waals surface area (Å²) in [4.78, 5) is 32.9. The molecule has 24 heavy (non-hydrogen) atoms. The molecule has 1 heterocycles. The van der Waals surface area contributed by atoms with Gasteiger partial charge in [0.25, 0.3) is 11.8 Å². The Balaban J connectivity index is 1.83. The van der Waals surface area contributed by atoms with Gasteiger partial charge in [-0.3, -0.25) is 14.4 Å². The van der Waals surface area contributed by atoms with Crippen LogP contribution in [0, 0.1) is 0 Å². The monoisotopic (exact) mass is 322 g/mol. The number of nitrogens with zero attached hydrogens (tertiary/aromatic N) is 4. The fraction of sp³-hybridized carbons (Fsp3) is 0.176. The van der Waals surface area contributed by atoms with Crippen LogP contribution in [-0.4, -0.2) is 23.5 Å². The molecule has 120 valence electrons. The lowest BCUT2D eigenvalue weighted by molar-refractivity contribution is -0.106. The fourth-order valence-electron chi connectivity index (χ4n) is 2.54. The van der Waals surface area contributed by atoms with E-state index in [0.29, 0.717) is 11.1 Å². The lowest BCUT2D eigenvalue weighted by Crippen LogP contribution is -2.36. The van der Waals surface area contributed by atoms with Crippen LogP contribution in [0.15, 0.2) is 59.7 Å².